The Hall–Kier alpha value is -2.06. The molecule has 1 aliphatic rings. The molecule has 1 saturated heterocycles. The van der Waals surface area contributed by atoms with Crippen LogP contribution in [-0.2, 0) is 22.6 Å². The maximum Gasteiger partial charge on any atom is 0.417 e. The number of primary sulfonamides is 1. The van der Waals surface area contributed by atoms with Crippen molar-refractivity contribution in [3.63, 3.8) is 0 Å². The molecule has 1 heterocycles. The van der Waals surface area contributed by atoms with Gasteiger partial charge in [-0.3, -0.25) is 0 Å². The Bertz CT molecular complexity index is 883. The fourth-order valence-electron chi connectivity index (χ4n) is 3.37. The number of rotatable bonds is 4. The van der Waals surface area contributed by atoms with Gasteiger partial charge >= 0.3 is 6.18 Å². The van der Waals surface area contributed by atoms with Crippen molar-refractivity contribution in [2.75, 3.05) is 18.0 Å². The Kier molecular flexibility index (Phi) is 4.98. The van der Waals surface area contributed by atoms with Gasteiger partial charge in [0.15, 0.2) is 0 Å². The Balaban J connectivity index is 1.82. The Morgan fingerprint density at radius 1 is 1.12 bits per heavy atom. The SMILES string of the molecule is NS(=O)(=O)c1ccc(N2CCC(Cc3ccccc3)C2)cc1C(F)(F)F. The summed E-state index contributed by atoms with van der Waals surface area (Å²) in [7, 11) is -4.45. The van der Waals surface area contributed by atoms with Gasteiger partial charge in [-0.15, -0.1) is 0 Å². The van der Waals surface area contributed by atoms with Gasteiger partial charge in [-0.2, -0.15) is 13.2 Å². The molecule has 0 aromatic heterocycles. The first kappa shape index (κ1) is 18.7. The van der Waals surface area contributed by atoms with Crippen molar-refractivity contribution in [1.82, 2.24) is 0 Å². The van der Waals surface area contributed by atoms with E-state index in [9.17, 15) is 21.6 Å². The van der Waals surface area contributed by atoms with Crippen molar-refractivity contribution >= 4 is 15.7 Å². The van der Waals surface area contributed by atoms with Gasteiger partial charge in [0, 0.05) is 18.8 Å². The number of hydrogen-bond acceptors (Lipinski definition) is 3. The molecule has 0 bridgehead atoms. The molecule has 0 saturated carbocycles. The lowest BCUT2D eigenvalue weighted by Gasteiger charge is -2.21. The lowest BCUT2D eigenvalue weighted by molar-refractivity contribution is -0.139. The third kappa shape index (κ3) is 4.19. The molecule has 1 atom stereocenters. The van der Waals surface area contributed by atoms with Crippen molar-refractivity contribution in [1.29, 1.82) is 0 Å². The number of anilines is 1. The number of halogens is 3. The van der Waals surface area contributed by atoms with Gasteiger partial charge in [0.05, 0.1) is 10.5 Å². The molecule has 0 amide bonds. The number of nitrogens with two attached hydrogens (primary N) is 1. The first-order chi connectivity index (χ1) is 12.1. The van der Waals surface area contributed by atoms with Gasteiger partial charge in [0.25, 0.3) is 0 Å². The van der Waals surface area contributed by atoms with Crippen LogP contribution in [0.3, 0.4) is 0 Å². The topological polar surface area (TPSA) is 63.4 Å². The van der Waals surface area contributed by atoms with E-state index < -0.39 is 26.7 Å². The molecule has 0 aliphatic carbocycles. The molecule has 1 aliphatic heterocycles. The second-order valence-electron chi connectivity index (χ2n) is 6.51. The van der Waals surface area contributed by atoms with Crippen LogP contribution in [0.5, 0.6) is 0 Å². The van der Waals surface area contributed by atoms with Gasteiger partial charge in [0.1, 0.15) is 0 Å². The van der Waals surface area contributed by atoms with Crippen LogP contribution in [0.4, 0.5) is 18.9 Å². The molecule has 0 spiro atoms. The zero-order chi connectivity index (χ0) is 18.9. The van der Waals surface area contributed by atoms with E-state index >= 15 is 0 Å². The fourth-order valence-corrected chi connectivity index (χ4v) is 4.10. The summed E-state index contributed by atoms with van der Waals surface area (Å²) in [6, 6.07) is 13.1. The highest BCUT2D eigenvalue weighted by molar-refractivity contribution is 7.89. The van der Waals surface area contributed by atoms with Crippen LogP contribution < -0.4 is 10.0 Å². The van der Waals surface area contributed by atoms with Crippen molar-refractivity contribution in [2.45, 2.75) is 23.9 Å². The highest BCUT2D eigenvalue weighted by Gasteiger charge is 2.37. The van der Waals surface area contributed by atoms with E-state index in [-0.39, 0.29) is 0 Å². The van der Waals surface area contributed by atoms with Crippen molar-refractivity contribution in [2.24, 2.45) is 11.1 Å². The first-order valence-electron chi connectivity index (χ1n) is 8.17. The third-order valence-electron chi connectivity index (χ3n) is 4.59. The van der Waals surface area contributed by atoms with E-state index in [2.05, 4.69) is 0 Å². The van der Waals surface area contributed by atoms with Crippen molar-refractivity contribution in [3.8, 4) is 0 Å². The number of hydrogen-bond donors (Lipinski definition) is 1. The number of sulfonamides is 1. The standard InChI is InChI=1S/C18H19F3N2O2S/c19-18(20,21)16-11-15(6-7-17(16)26(22,24)25)23-9-8-14(12-23)10-13-4-2-1-3-5-13/h1-7,11,14H,8-10,12H2,(H2,22,24,25). The van der Waals surface area contributed by atoms with E-state index in [0.29, 0.717) is 24.7 Å². The van der Waals surface area contributed by atoms with Crippen LogP contribution in [0, 0.1) is 5.92 Å². The van der Waals surface area contributed by atoms with Crippen LogP contribution in [0.1, 0.15) is 17.5 Å². The summed E-state index contributed by atoms with van der Waals surface area (Å²) < 4.78 is 62.7. The van der Waals surface area contributed by atoms with E-state index in [1.165, 1.54) is 11.6 Å². The van der Waals surface area contributed by atoms with Crippen LogP contribution in [0.15, 0.2) is 53.4 Å². The van der Waals surface area contributed by atoms with Gasteiger partial charge in [0.2, 0.25) is 10.0 Å². The predicted molar refractivity (Wildman–Crippen MR) is 93.3 cm³/mol. The second kappa shape index (κ2) is 6.92. The molecule has 2 N–H and O–H groups in total. The Morgan fingerprint density at radius 3 is 2.42 bits per heavy atom. The molecule has 0 radical (unpaired) electrons. The van der Waals surface area contributed by atoms with Crippen molar-refractivity contribution < 1.29 is 21.6 Å². The summed E-state index contributed by atoms with van der Waals surface area (Å²) in [5.41, 5.74) is 0.337. The largest absolute Gasteiger partial charge is 0.417 e. The zero-order valence-electron chi connectivity index (χ0n) is 13.9. The second-order valence-corrected chi connectivity index (χ2v) is 8.04. The van der Waals surface area contributed by atoms with Gasteiger partial charge in [-0.25, -0.2) is 13.6 Å². The molecule has 3 rings (SSSR count). The average molecular weight is 384 g/mol. The van der Waals surface area contributed by atoms with Gasteiger partial charge in [-0.1, -0.05) is 30.3 Å². The van der Waals surface area contributed by atoms with Gasteiger partial charge in [-0.05, 0) is 42.5 Å². The van der Waals surface area contributed by atoms with Crippen molar-refractivity contribution in [3.05, 3.63) is 59.7 Å². The summed E-state index contributed by atoms with van der Waals surface area (Å²) in [6.07, 6.45) is -3.06. The number of nitrogens with zero attached hydrogens (tertiary/aromatic N) is 1. The highest BCUT2D eigenvalue weighted by Crippen LogP contribution is 2.37. The van der Waals surface area contributed by atoms with Crippen LogP contribution in [0.2, 0.25) is 0 Å². The molecular weight excluding hydrogens is 365 g/mol. The number of benzene rings is 2. The van der Waals surface area contributed by atoms with Crippen LogP contribution in [-0.4, -0.2) is 21.5 Å². The summed E-state index contributed by atoms with van der Waals surface area (Å²) in [5.74, 6) is 0.338. The molecule has 1 unspecified atom stereocenters. The predicted octanol–water partition coefficient (Wildman–Crippen LogP) is 3.42. The van der Waals surface area contributed by atoms with E-state index in [1.807, 2.05) is 35.2 Å². The quantitative estimate of drug-likeness (QED) is 0.879. The zero-order valence-corrected chi connectivity index (χ0v) is 14.7. The van der Waals surface area contributed by atoms with E-state index in [0.717, 1.165) is 25.0 Å². The molecule has 2 aromatic rings. The third-order valence-corrected chi connectivity index (χ3v) is 5.56. The molecule has 4 nitrogen and oxygen atoms in total. The minimum Gasteiger partial charge on any atom is -0.371 e. The number of alkyl halides is 3. The maximum absolute atomic E-state index is 13.3. The summed E-state index contributed by atoms with van der Waals surface area (Å²) in [5, 5.41) is 4.92. The molecule has 1 fully saturated rings. The lowest BCUT2D eigenvalue weighted by atomic mass is 9.99. The average Bonchev–Trinajstić information content (AvgIpc) is 3.02. The van der Waals surface area contributed by atoms with E-state index in [4.69, 9.17) is 5.14 Å². The minimum atomic E-state index is -4.79. The van der Waals surface area contributed by atoms with Crippen LogP contribution >= 0.6 is 0 Å². The summed E-state index contributed by atoms with van der Waals surface area (Å²) in [4.78, 5) is 0.962. The molecular formula is C18H19F3N2O2S. The smallest absolute Gasteiger partial charge is 0.371 e. The van der Waals surface area contributed by atoms with Crippen LogP contribution in [0.25, 0.3) is 0 Å². The van der Waals surface area contributed by atoms with E-state index in [1.54, 1.807) is 0 Å². The molecule has 8 heteroatoms. The fraction of sp³-hybridized carbons (Fsp3) is 0.333. The van der Waals surface area contributed by atoms with Gasteiger partial charge < -0.3 is 4.90 Å². The molecule has 26 heavy (non-hydrogen) atoms. The maximum atomic E-state index is 13.3. The summed E-state index contributed by atoms with van der Waals surface area (Å²) in [6.45, 7) is 1.25. The monoisotopic (exact) mass is 384 g/mol. The Labute approximate surface area is 150 Å². The first-order valence-corrected chi connectivity index (χ1v) is 9.72. The lowest BCUT2D eigenvalue weighted by Crippen LogP contribution is -2.23. The summed E-state index contributed by atoms with van der Waals surface area (Å²) >= 11 is 0. The normalized spacial score (nSPS) is 18.3. The highest BCUT2D eigenvalue weighted by atomic mass is 32.2. The molecule has 140 valence electrons. The molecule has 2 aromatic carbocycles. The minimum absolute atomic E-state index is 0.338. The Morgan fingerprint density at radius 2 is 1.81 bits per heavy atom.